The van der Waals surface area contributed by atoms with E-state index in [1.807, 2.05) is 0 Å². The van der Waals surface area contributed by atoms with Gasteiger partial charge in [0.05, 0.1) is 0 Å². The highest BCUT2D eigenvalue weighted by molar-refractivity contribution is 5.71. The predicted molar refractivity (Wildman–Crippen MR) is 256 cm³/mol. The van der Waals surface area contributed by atoms with Gasteiger partial charge in [0.15, 0.2) is 6.10 Å². The summed E-state index contributed by atoms with van der Waals surface area (Å²) in [7, 11) is 0. The van der Waals surface area contributed by atoms with E-state index in [4.69, 9.17) is 14.2 Å². The number of ether oxygens (including phenoxy) is 3. The Balaban J connectivity index is 4.45. The first-order valence-corrected chi connectivity index (χ1v) is 25.6. The van der Waals surface area contributed by atoms with Crippen molar-refractivity contribution in [1.29, 1.82) is 0 Å². The smallest absolute Gasteiger partial charge is 0.306 e. The van der Waals surface area contributed by atoms with Crippen molar-refractivity contribution in [3.63, 3.8) is 0 Å². The van der Waals surface area contributed by atoms with Crippen LogP contribution in [0.4, 0.5) is 0 Å². The summed E-state index contributed by atoms with van der Waals surface area (Å²) in [4.78, 5) is 37.9. The highest BCUT2D eigenvalue weighted by Crippen LogP contribution is 2.15. The third-order valence-electron chi connectivity index (χ3n) is 11.1. The lowest BCUT2D eigenvalue weighted by Crippen LogP contribution is -2.30. The molecule has 0 spiro atoms. The second-order valence-electron chi connectivity index (χ2n) is 17.1. The fourth-order valence-corrected chi connectivity index (χ4v) is 7.20. The molecule has 0 aromatic rings. The molecule has 6 heteroatoms. The van der Waals surface area contributed by atoms with E-state index in [1.165, 1.54) is 148 Å². The molecule has 0 radical (unpaired) electrons. The molecule has 0 aliphatic carbocycles. The van der Waals surface area contributed by atoms with Crippen molar-refractivity contribution in [2.24, 2.45) is 0 Å². The zero-order valence-corrected chi connectivity index (χ0v) is 39.7. The van der Waals surface area contributed by atoms with Gasteiger partial charge in [0, 0.05) is 19.3 Å². The van der Waals surface area contributed by atoms with E-state index in [1.54, 1.807) is 0 Å². The molecular weight excluding hydrogens is 745 g/mol. The number of carbonyl (C=O) groups excluding carboxylic acids is 3. The summed E-state index contributed by atoms with van der Waals surface area (Å²) in [6.07, 6.45) is 58.1. The molecule has 0 fully saturated rings. The van der Waals surface area contributed by atoms with Crippen LogP contribution < -0.4 is 0 Å². The number of rotatable bonds is 46. The van der Waals surface area contributed by atoms with Gasteiger partial charge in [-0.1, -0.05) is 230 Å². The molecule has 1 atom stereocenters. The highest BCUT2D eigenvalue weighted by Gasteiger charge is 2.19. The molecule has 0 heterocycles. The van der Waals surface area contributed by atoms with Gasteiger partial charge in [-0.3, -0.25) is 14.4 Å². The van der Waals surface area contributed by atoms with Gasteiger partial charge in [-0.05, 0) is 57.8 Å². The number of allylic oxidation sites excluding steroid dienone is 8. The number of carbonyl (C=O) groups is 3. The summed E-state index contributed by atoms with van der Waals surface area (Å²) >= 11 is 0. The van der Waals surface area contributed by atoms with Crippen LogP contribution in [-0.2, 0) is 28.6 Å². The fourth-order valence-electron chi connectivity index (χ4n) is 7.20. The quantitative estimate of drug-likeness (QED) is 0.0263. The molecular formula is C54H96O6. The van der Waals surface area contributed by atoms with E-state index in [0.29, 0.717) is 19.3 Å². The maximum atomic E-state index is 12.8. The number of hydrogen-bond acceptors (Lipinski definition) is 6. The largest absolute Gasteiger partial charge is 0.462 e. The molecule has 0 saturated carbocycles. The summed E-state index contributed by atoms with van der Waals surface area (Å²) in [5.41, 5.74) is 0. The molecule has 0 aliphatic rings. The molecule has 0 amide bonds. The maximum Gasteiger partial charge on any atom is 0.306 e. The van der Waals surface area contributed by atoms with E-state index < -0.39 is 6.10 Å². The summed E-state index contributed by atoms with van der Waals surface area (Å²) in [6, 6.07) is 0. The van der Waals surface area contributed by atoms with Gasteiger partial charge in [-0.15, -0.1) is 0 Å². The third-order valence-corrected chi connectivity index (χ3v) is 11.1. The Hall–Kier alpha value is -2.63. The van der Waals surface area contributed by atoms with Crippen molar-refractivity contribution in [3.05, 3.63) is 48.6 Å². The first-order chi connectivity index (χ1) is 29.5. The second kappa shape index (κ2) is 49.0. The van der Waals surface area contributed by atoms with Gasteiger partial charge in [0.25, 0.3) is 0 Å². The van der Waals surface area contributed by atoms with E-state index in [-0.39, 0.29) is 37.5 Å². The van der Waals surface area contributed by atoms with Crippen molar-refractivity contribution < 1.29 is 28.6 Å². The monoisotopic (exact) mass is 841 g/mol. The van der Waals surface area contributed by atoms with Crippen LogP contribution in [0.1, 0.15) is 258 Å². The predicted octanol–water partition coefficient (Wildman–Crippen LogP) is 16.7. The second-order valence-corrected chi connectivity index (χ2v) is 17.1. The van der Waals surface area contributed by atoms with Crippen LogP contribution in [0.2, 0.25) is 0 Å². The van der Waals surface area contributed by atoms with Crippen LogP contribution in [0.5, 0.6) is 0 Å². The average molecular weight is 841 g/mol. The molecule has 0 unspecified atom stereocenters. The number of esters is 3. The molecule has 0 aromatic carbocycles. The normalized spacial score (nSPS) is 12.4. The molecule has 60 heavy (non-hydrogen) atoms. The van der Waals surface area contributed by atoms with Crippen molar-refractivity contribution in [3.8, 4) is 0 Å². The third kappa shape index (κ3) is 46.4. The maximum absolute atomic E-state index is 12.8. The van der Waals surface area contributed by atoms with Crippen molar-refractivity contribution in [1.82, 2.24) is 0 Å². The van der Waals surface area contributed by atoms with Crippen LogP contribution in [0.25, 0.3) is 0 Å². The molecule has 0 N–H and O–H groups in total. The van der Waals surface area contributed by atoms with E-state index in [0.717, 1.165) is 64.2 Å². The van der Waals surface area contributed by atoms with Crippen molar-refractivity contribution >= 4 is 17.9 Å². The van der Waals surface area contributed by atoms with Gasteiger partial charge in [-0.25, -0.2) is 0 Å². The van der Waals surface area contributed by atoms with Crippen LogP contribution >= 0.6 is 0 Å². The lowest BCUT2D eigenvalue weighted by Gasteiger charge is -2.18. The Kier molecular flexibility index (Phi) is 46.9. The van der Waals surface area contributed by atoms with Crippen molar-refractivity contribution in [2.75, 3.05) is 13.2 Å². The van der Waals surface area contributed by atoms with Gasteiger partial charge in [0.1, 0.15) is 13.2 Å². The van der Waals surface area contributed by atoms with Crippen LogP contribution in [0, 0.1) is 0 Å². The first kappa shape index (κ1) is 57.4. The summed E-state index contributed by atoms with van der Waals surface area (Å²) in [6.45, 7) is 6.57. The topological polar surface area (TPSA) is 78.9 Å². The first-order valence-electron chi connectivity index (χ1n) is 25.6. The van der Waals surface area contributed by atoms with Gasteiger partial charge >= 0.3 is 17.9 Å². The Morgan fingerprint density at radius 1 is 0.333 bits per heavy atom. The Morgan fingerprint density at radius 2 is 0.617 bits per heavy atom. The SMILES string of the molecule is CCCCC/C=C\C/C=C\C/C=C\C/C=C\CCCC(=O)O[C@@H](COC(=O)CCCCCCCCCCCCCC)COC(=O)CCCCCCCCCCCCCCC. The molecule has 0 aromatic heterocycles. The molecule has 0 aliphatic heterocycles. The average Bonchev–Trinajstić information content (AvgIpc) is 3.24. The Labute approximate surface area is 371 Å². The van der Waals surface area contributed by atoms with E-state index in [2.05, 4.69) is 69.4 Å². The Morgan fingerprint density at radius 3 is 0.983 bits per heavy atom. The summed E-state index contributed by atoms with van der Waals surface area (Å²) < 4.78 is 16.7. The number of unbranched alkanes of at least 4 members (excludes halogenated alkanes) is 27. The molecule has 0 bridgehead atoms. The van der Waals surface area contributed by atoms with Gasteiger partial charge in [0.2, 0.25) is 0 Å². The van der Waals surface area contributed by atoms with Gasteiger partial charge in [-0.2, -0.15) is 0 Å². The van der Waals surface area contributed by atoms with E-state index >= 15 is 0 Å². The number of hydrogen-bond donors (Lipinski definition) is 0. The lowest BCUT2D eigenvalue weighted by molar-refractivity contribution is -0.167. The standard InChI is InChI=1S/C54H96O6/c1-4-7-10-13-16-19-22-25-26-27-28-30-33-36-39-42-45-48-54(57)60-51(49-58-52(55)46-43-40-37-34-31-24-21-18-15-12-9-6-3)50-59-53(56)47-44-41-38-35-32-29-23-20-17-14-11-8-5-2/h16,19,25-26,28,30,36,39,51H,4-15,17-18,20-24,27,29,31-35,37-38,40-50H2,1-3H3/b19-16-,26-25-,30-28-,39-36-/t51-/m0/s1. The molecule has 348 valence electrons. The Bertz CT molecular complexity index is 1060. The lowest BCUT2D eigenvalue weighted by atomic mass is 10.0. The summed E-state index contributed by atoms with van der Waals surface area (Å²) in [5, 5.41) is 0. The van der Waals surface area contributed by atoms with Crippen molar-refractivity contribution in [2.45, 2.75) is 264 Å². The minimum Gasteiger partial charge on any atom is -0.462 e. The minimum absolute atomic E-state index is 0.0912. The molecule has 6 nitrogen and oxygen atoms in total. The van der Waals surface area contributed by atoms with Crippen LogP contribution in [0.15, 0.2) is 48.6 Å². The molecule has 0 saturated heterocycles. The van der Waals surface area contributed by atoms with Gasteiger partial charge < -0.3 is 14.2 Å². The zero-order chi connectivity index (χ0) is 43.7. The highest BCUT2D eigenvalue weighted by atomic mass is 16.6. The fraction of sp³-hybridized carbons (Fsp3) is 0.796. The zero-order valence-electron chi connectivity index (χ0n) is 39.7. The van der Waals surface area contributed by atoms with Crippen LogP contribution in [0.3, 0.4) is 0 Å². The minimum atomic E-state index is -0.796. The van der Waals surface area contributed by atoms with Crippen LogP contribution in [-0.4, -0.2) is 37.2 Å². The van der Waals surface area contributed by atoms with E-state index in [9.17, 15) is 14.4 Å². The summed E-state index contributed by atoms with van der Waals surface area (Å²) in [5.74, 6) is -0.940. The molecule has 0 rings (SSSR count).